The molecule has 3 heterocycles. The van der Waals surface area contributed by atoms with E-state index in [1.165, 1.54) is 22.7 Å². The number of halogens is 1. The number of imidazole rings is 1. The Hall–Kier alpha value is -4.42. The van der Waals surface area contributed by atoms with E-state index in [4.69, 9.17) is 4.74 Å². The standard InChI is InChI=1S/C28H33FN6O6/c1-16-14-33-15-17(13-21(29)25(33)30-16)31-26(37)20-7-8-22(24(36)23(20)35(39)40)32-11-9-19(10-12-32)34(18-5-6-18)27(38)41-28(2,3)4/h7-8,13-15,18-19,36H,5-6,9-12H2,1-4H3,(H,31,37). The van der Waals surface area contributed by atoms with Crippen LogP contribution in [0.25, 0.3) is 5.65 Å². The van der Waals surface area contributed by atoms with Gasteiger partial charge in [-0.15, -0.1) is 0 Å². The predicted molar refractivity (Wildman–Crippen MR) is 149 cm³/mol. The van der Waals surface area contributed by atoms with Crippen LogP contribution < -0.4 is 10.2 Å². The van der Waals surface area contributed by atoms with Crippen LogP contribution in [0.1, 0.15) is 62.5 Å². The number of piperidine rings is 1. The van der Waals surface area contributed by atoms with E-state index in [0.717, 1.165) is 18.9 Å². The van der Waals surface area contributed by atoms with Crippen molar-refractivity contribution in [2.45, 2.75) is 71.1 Å². The van der Waals surface area contributed by atoms with Gasteiger partial charge in [0.05, 0.1) is 22.0 Å². The van der Waals surface area contributed by atoms with Crippen molar-refractivity contribution >= 4 is 34.7 Å². The van der Waals surface area contributed by atoms with Gasteiger partial charge in [0.15, 0.2) is 11.5 Å². The largest absolute Gasteiger partial charge is 0.501 e. The second-order valence-corrected chi connectivity index (χ2v) is 11.6. The lowest BCUT2D eigenvalue weighted by atomic mass is 10.0. The maximum absolute atomic E-state index is 14.5. The summed E-state index contributed by atoms with van der Waals surface area (Å²) in [5.74, 6) is -2.16. The number of hydrogen-bond donors (Lipinski definition) is 2. The van der Waals surface area contributed by atoms with E-state index in [0.29, 0.717) is 31.6 Å². The zero-order valence-electron chi connectivity index (χ0n) is 23.4. The zero-order chi connectivity index (χ0) is 29.6. The number of hydrogen-bond acceptors (Lipinski definition) is 8. The fourth-order valence-corrected chi connectivity index (χ4v) is 5.29. The highest BCUT2D eigenvalue weighted by atomic mass is 19.1. The van der Waals surface area contributed by atoms with Crippen molar-refractivity contribution < 1.29 is 28.7 Å². The summed E-state index contributed by atoms with van der Waals surface area (Å²) in [6.07, 6.45) is 5.73. The molecule has 13 heteroatoms. The van der Waals surface area contributed by atoms with Crippen molar-refractivity contribution in [3.05, 3.63) is 57.8 Å². The lowest BCUT2D eigenvalue weighted by Crippen LogP contribution is -2.50. The highest BCUT2D eigenvalue weighted by Gasteiger charge is 2.41. The van der Waals surface area contributed by atoms with Gasteiger partial charge < -0.3 is 29.4 Å². The molecule has 2 fully saturated rings. The number of nitro groups is 1. The molecule has 0 unspecified atom stereocenters. The number of nitrogens with one attached hydrogen (secondary N) is 1. The van der Waals surface area contributed by atoms with Gasteiger partial charge in [-0.1, -0.05) is 0 Å². The van der Waals surface area contributed by atoms with Gasteiger partial charge >= 0.3 is 11.8 Å². The normalized spacial score (nSPS) is 16.1. The number of pyridine rings is 1. The van der Waals surface area contributed by atoms with Crippen LogP contribution in [0.2, 0.25) is 0 Å². The van der Waals surface area contributed by atoms with Gasteiger partial charge in [0.25, 0.3) is 5.91 Å². The van der Waals surface area contributed by atoms with Crippen molar-refractivity contribution in [2.24, 2.45) is 0 Å². The van der Waals surface area contributed by atoms with Gasteiger partial charge in [-0.2, -0.15) is 0 Å². The predicted octanol–water partition coefficient (Wildman–Crippen LogP) is 5.02. The minimum atomic E-state index is -0.870. The van der Waals surface area contributed by atoms with E-state index in [2.05, 4.69) is 10.3 Å². The van der Waals surface area contributed by atoms with Crippen LogP contribution in [-0.2, 0) is 4.74 Å². The van der Waals surface area contributed by atoms with Crippen molar-refractivity contribution in [3.63, 3.8) is 0 Å². The number of aryl methyl sites for hydroxylation is 1. The first-order chi connectivity index (χ1) is 19.3. The molecule has 0 bridgehead atoms. The van der Waals surface area contributed by atoms with Gasteiger partial charge in [0.1, 0.15) is 11.2 Å². The molecule has 1 aromatic carbocycles. The lowest BCUT2D eigenvalue weighted by molar-refractivity contribution is -0.386. The molecule has 1 saturated carbocycles. The van der Waals surface area contributed by atoms with E-state index in [9.17, 15) is 29.2 Å². The van der Waals surface area contributed by atoms with Crippen molar-refractivity contribution in [3.8, 4) is 5.75 Å². The number of rotatable bonds is 6. The Kier molecular flexibility index (Phi) is 7.22. The van der Waals surface area contributed by atoms with Crippen LogP contribution in [0.15, 0.2) is 30.6 Å². The average molecular weight is 569 g/mol. The summed E-state index contributed by atoms with van der Waals surface area (Å²) in [4.78, 5) is 44.8. The summed E-state index contributed by atoms with van der Waals surface area (Å²) in [6.45, 7) is 8.07. The first-order valence-electron chi connectivity index (χ1n) is 13.5. The van der Waals surface area contributed by atoms with Crippen molar-refractivity contribution in [1.29, 1.82) is 0 Å². The second-order valence-electron chi connectivity index (χ2n) is 11.6. The molecule has 1 aliphatic heterocycles. The van der Waals surface area contributed by atoms with Crippen LogP contribution in [0.5, 0.6) is 5.75 Å². The highest BCUT2D eigenvalue weighted by molar-refractivity contribution is 6.08. The van der Waals surface area contributed by atoms with Gasteiger partial charge in [-0.25, -0.2) is 14.2 Å². The molecule has 0 radical (unpaired) electrons. The first-order valence-corrected chi connectivity index (χ1v) is 13.5. The summed E-state index contributed by atoms with van der Waals surface area (Å²) < 4.78 is 21.5. The number of carbonyl (C=O) groups is 2. The molecule has 2 amide bonds. The Morgan fingerprint density at radius 2 is 1.83 bits per heavy atom. The number of carbonyl (C=O) groups excluding carboxylic acids is 2. The molecule has 2 aromatic heterocycles. The smallest absolute Gasteiger partial charge is 0.410 e. The topological polar surface area (TPSA) is 143 Å². The minimum absolute atomic E-state index is 0.0483. The third kappa shape index (κ3) is 5.88. The molecule has 12 nitrogen and oxygen atoms in total. The number of ether oxygens (including phenoxy) is 1. The van der Waals surface area contributed by atoms with Crippen LogP contribution in [0, 0.1) is 22.9 Å². The maximum atomic E-state index is 14.5. The van der Waals surface area contributed by atoms with Crippen molar-refractivity contribution in [1.82, 2.24) is 14.3 Å². The molecule has 3 aromatic rings. The van der Waals surface area contributed by atoms with Gasteiger partial charge in [0, 0.05) is 43.6 Å². The number of fused-ring (bicyclic) bond motifs is 1. The van der Waals surface area contributed by atoms with E-state index in [1.54, 1.807) is 13.1 Å². The number of aromatic hydroxyl groups is 1. The summed E-state index contributed by atoms with van der Waals surface area (Å²) in [6, 6.07) is 3.93. The number of anilines is 2. The Balaban J connectivity index is 1.33. The van der Waals surface area contributed by atoms with E-state index >= 15 is 0 Å². The molecule has 0 spiro atoms. The molecule has 2 aliphatic rings. The third-order valence-corrected chi connectivity index (χ3v) is 7.18. The fourth-order valence-electron chi connectivity index (χ4n) is 5.29. The summed E-state index contributed by atoms with van der Waals surface area (Å²) in [5, 5.41) is 25.4. The number of aromatic nitrogens is 2. The quantitative estimate of drug-likeness (QED) is 0.312. The van der Waals surface area contributed by atoms with Crippen LogP contribution in [0.3, 0.4) is 0 Å². The molecular formula is C28H33FN6O6. The number of nitro benzene ring substituents is 1. The average Bonchev–Trinajstić information content (AvgIpc) is 3.63. The second kappa shape index (κ2) is 10.5. The number of benzene rings is 1. The zero-order valence-corrected chi connectivity index (χ0v) is 23.4. The number of phenols is 1. The number of nitrogens with zero attached hydrogens (tertiary/aromatic N) is 5. The molecular weight excluding hydrogens is 535 g/mol. The highest BCUT2D eigenvalue weighted by Crippen LogP contribution is 2.41. The molecule has 5 rings (SSSR count). The Morgan fingerprint density at radius 3 is 2.44 bits per heavy atom. The van der Waals surface area contributed by atoms with E-state index < -0.39 is 33.7 Å². The SMILES string of the molecule is Cc1cn2cc(NC(=O)c3ccc(N4CCC(N(C(=O)OC(C)(C)C)C5CC5)CC4)c(O)c3[N+](=O)[O-])cc(F)c2n1. The molecule has 2 N–H and O–H groups in total. The Morgan fingerprint density at radius 1 is 1.17 bits per heavy atom. The van der Waals surface area contributed by atoms with E-state index in [-0.39, 0.29) is 40.8 Å². The third-order valence-electron chi connectivity index (χ3n) is 7.18. The van der Waals surface area contributed by atoms with E-state index in [1.807, 2.05) is 30.6 Å². The molecule has 1 saturated heterocycles. The number of amides is 2. The van der Waals surface area contributed by atoms with Gasteiger partial charge in [-0.05, 0) is 65.5 Å². The van der Waals surface area contributed by atoms with Gasteiger partial charge in [-0.3, -0.25) is 14.9 Å². The molecule has 41 heavy (non-hydrogen) atoms. The lowest BCUT2D eigenvalue weighted by Gasteiger charge is -2.40. The van der Waals surface area contributed by atoms with Crippen LogP contribution >= 0.6 is 0 Å². The Labute approximate surface area is 235 Å². The monoisotopic (exact) mass is 568 g/mol. The fraction of sp³-hybridized carbons (Fsp3) is 0.464. The Bertz CT molecular complexity index is 1520. The maximum Gasteiger partial charge on any atom is 0.410 e. The minimum Gasteiger partial charge on any atom is -0.501 e. The summed E-state index contributed by atoms with van der Waals surface area (Å²) >= 11 is 0. The van der Waals surface area contributed by atoms with Crippen LogP contribution in [0.4, 0.5) is 26.2 Å². The number of phenolic OH excluding ortho intramolecular Hbond substituents is 1. The summed E-state index contributed by atoms with van der Waals surface area (Å²) in [5.41, 5.74) is -0.746. The molecule has 1 aliphatic carbocycles. The molecule has 218 valence electrons. The summed E-state index contributed by atoms with van der Waals surface area (Å²) in [7, 11) is 0. The van der Waals surface area contributed by atoms with Gasteiger partial charge in [0.2, 0.25) is 5.75 Å². The first kappa shape index (κ1) is 28.1. The van der Waals surface area contributed by atoms with Crippen molar-refractivity contribution in [2.75, 3.05) is 23.3 Å². The van der Waals surface area contributed by atoms with Crippen LogP contribution in [-0.4, -0.2) is 67.1 Å². The molecule has 0 atom stereocenters.